The number of cyclic esters (lactones) is 1. The van der Waals surface area contributed by atoms with Crippen LogP contribution in [-0.2, 0) is 52.3 Å². The Morgan fingerprint density at radius 2 is 1.53 bits per heavy atom. The van der Waals surface area contributed by atoms with Gasteiger partial charge in [-0.2, -0.15) is 0 Å². The normalized spacial score (nSPS) is 45.5. The number of aliphatic hydroxyl groups excluding tert-OH is 2. The van der Waals surface area contributed by atoms with Crippen LogP contribution in [0.2, 0.25) is 0 Å². The van der Waals surface area contributed by atoms with Crippen molar-refractivity contribution in [1.82, 2.24) is 4.90 Å². The molecule has 0 radical (unpaired) electrons. The molecule has 3 heterocycles. The summed E-state index contributed by atoms with van der Waals surface area (Å²) < 4.78 is 42.9. The quantitative estimate of drug-likeness (QED) is 0.156. The predicted octanol–water partition coefficient (Wildman–Crippen LogP) is 1.81. The van der Waals surface area contributed by atoms with E-state index in [1.165, 1.54) is 27.9 Å². The Morgan fingerprint density at radius 3 is 2.07 bits per heavy atom. The highest BCUT2D eigenvalue weighted by Gasteiger charge is 2.54. The number of hydrogen-bond acceptors (Lipinski definition) is 16. The molecule has 0 aromatic heterocycles. The average molecular weight is 820 g/mol. The van der Waals surface area contributed by atoms with E-state index in [1.54, 1.807) is 41.5 Å². The highest BCUT2D eigenvalue weighted by atomic mass is 16.7. The lowest BCUT2D eigenvalue weighted by Crippen LogP contribution is -2.61. The van der Waals surface area contributed by atoms with Gasteiger partial charge in [-0.3, -0.25) is 19.2 Å². The molecule has 0 bridgehead atoms. The first-order valence-electron chi connectivity index (χ1n) is 20.0. The molecule has 0 aliphatic carbocycles. The van der Waals surface area contributed by atoms with E-state index >= 15 is 0 Å². The number of Topliss-reactive ketones (excluding diaryl/α,β-unsaturated/α-hetero) is 1. The third-order valence-corrected chi connectivity index (χ3v) is 12.3. The van der Waals surface area contributed by atoms with Gasteiger partial charge in [0, 0.05) is 37.3 Å². The van der Waals surface area contributed by atoms with Crippen molar-refractivity contribution in [2.24, 2.45) is 23.7 Å². The molecule has 18 atom stereocenters. The van der Waals surface area contributed by atoms with E-state index in [2.05, 4.69) is 0 Å². The fourth-order valence-corrected chi connectivity index (χ4v) is 8.93. The number of rotatable bonds is 10. The fraction of sp³-hybridized carbons (Fsp3) is 0.900. The molecule has 2 unspecified atom stereocenters. The lowest BCUT2D eigenvalue weighted by molar-refractivity contribution is -0.318. The summed E-state index contributed by atoms with van der Waals surface area (Å²) in [5.41, 5.74) is -5.19. The van der Waals surface area contributed by atoms with Crippen LogP contribution < -0.4 is 0 Å². The first-order chi connectivity index (χ1) is 26.2. The van der Waals surface area contributed by atoms with Crippen molar-refractivity contribution in [3.8, 4) is 0 Å². The van der Waals surface area contributed by atoms with Gasteiger partial charge in [-0.05, 0) is 74.9 Å². The Balaban J connectivity index is 2.17. The molecule has 3 fully saturated rings. The van der Waals surface area contributed by atoms with Crippen LogP contribution in [0.5, 0.6) is 0 Å². The van der Waals surface area contributed by atoms with Gasteiger partial charge in [-0.1, -0.05) is 27.7 Å². The number of carbonyl (C=O) groups excluding carboxylic acids is 3. The molecule has 3 aliphatic rings. The smallest absolute Gasteiger partial charge is 0.317 e. The third kappa shape index (κ3) is 11.3. The second-order valence-corrected chi connectivity index (χ2v) is 17.5. The van der Waals surface area contributed by atoms with E-state index in [1.807, 2.05) is 25.9 Å². The molecule has 17 nitrogen and oxygen atoms in total. The first-order valence-corrected chi connectivity index (χ1v) is 20.0. The second kappa shape index (κ2) is 19.4. The van der Waals surface area contributed by atoms with Gasteiger partial charge in [-0.15, -0.1) is 0 Å². The molecular weight excluding hydrogens is 750 g/mol. The number of aliphatic carboxylic acids is 1. The van der Waals surface area contributed by atoms with Crippen molar-refractivity contribution in [3.63, 3.8) is 0 Å². The summed E-state index contributed by atoms with van der Waals surface area (Å²) >= 11 is 0. The van der Waals surface area contributed by atoms with Crippen LogP contribution in [0.4, 0.5) is 0 Å². The van der Waals surface area contributed by atoms with Crippen LogP contribution in [0.3, 0.4) is 0 Å². The Bertz CT molecular complexity index is 1390. The van der Waals surface area contributed by atoms with Crippen molar-refractivity contribution < 1.29 is 77.9 Å². The molecular formula is C40H69NO16. The van der Waals surface area contributed by atoms with Gasteiger partial charge >= 0.3 is 17.9 Å². The number of hydrogen-bond donors (Lipinski definition) is 5. The van der Waals surface area contributed by atoms with E-state index < -0.39 is 126 Å². The molecule has 3 saturated heterocycles. The molecule has 17 heteroatoms. The minimum atomic E-state index is -2.05. The fourth-order valence-electron chi connectivity index (χ4n) is 8.93. The van der Waals surface area contributed by atoms with Crippen molar-refractivity contribution in [1.29, 1.82) is 0 Å². The van der Waals surface area contributed by atoms with Gasteiger partial charge in [0.15, 0.2) is 18.7 Å². The number of carboxylic acids is 1. The maximum absolute atomic E-state index is 14.2. The van der Waals surface area contributed by atoms with Crippen LogP contribution in [0.1, 0.15) is 101 Å². The van der Waals surface area contributed by atoms with Crippen molar-refractivity contribution in [2.75, 3.05) is 21.2 Å². The lowest BCUT2D eigenvalue weighted by Gasteiger charge is -2.49. The molecule has 3 aliphatic heterocycles. The number of ketones is 1. The van der Waals surface area contributed by atoms with Crippen LogP contribution in [0.25, 0.3) is 0 Å². The summed E-state index contributed by atoms with van der Waals surface area (Å²) in [5.74, 6) is -7.74. The zero-order valence-electron chi connectivity index (χ0n) is 35.9. The number of carboxylic acid groups (broad SMARTS) is 1. The Morgan fingerprint density at radius 1 is 0.912 bits per heavy atom. The van der Waals surface area contributed by atoms with Gasteiger partial charge in [0.2, 0.25) is 0 Å². The standard InChI is InChI=1S/C40H69NO16/c1-14-26-40(10,50)33(47)21(4)30(45)19(2)17-38(8,49)34(57-37-31(46)25(41(11)12)15-20(3)52-37)22(5)32(23(6)36(48)54-26)56-29-18-39(9,51-13)35(24(7)53-29)55-28(44)16-27(42)43/h19-26,29,31-35,37,46-47,49-50H,14-18H2,1-13H3,(H,42,43)/t19-,20-,21+,22+,23-,24+,25+,26-,29?,31-,32+,33-,34-,35+,37?,38-,39-,40-/m1/s1. The number of esters is 2. The van der Waals surface area contributed by atoms with Crippen LogP contribution in [-0.4, -0.2) is 160 Å². The Hall–Kier alpha value is -2.32. The predicted molar refractivity (Wildman–Crippen MR) is 202 cm³/mol. The molecule has 3 rings (SSSR count). The molecule has 0 spiro atoms. The number of nitrogens with zero attached hydrogens (tertiary/aromatic N) is 1. The molecule has 0 aromatic carbocycles. The highest BCUT2D eigenvalue weighted by molar-refractivity contribution is 5.90. The zero-order chi connectivity index (χ0) is 43.5. The largest absolute Gasteiger partial charge is 0.481 e. The lowest BCUT2D eigenvalue weighted by atomic mass is 9.74. The molecule has 0 amide bonds. The molecule has 330 valence electrons. The van der Waals surface area contributed by atoms with Gasteiger partial charge in [-0.25, -0.2) is 0 Å². The van der Waals surface area contributed by atoms with Gasteiger partial charge < -0.3 is 63.6 Å². The average Bonchev–Trinajstić information content (AvgIpc) is 3.11. The number of methoxy groups -OCH3 is 1. The number of likely N-dealkylation sites (N-methyl/N-ethyl adjacent to an activating group) is 1. The minimum absolute atomic E-state index is 0.0693. The van der Waals surface area contributed by atoms with Crippen molar-refractivity contribution in [2.45, 2.75) is 186 Å². The summed E-state index contributed by atoms with van der Waals surface area (Å²) in [6.07, 6.45) is -11.8. The zero-order valence-corrected chi connectivity index (χ0v) is 35.9. The molecule has 0 aromatic rings. The summed E-state index contributed by atoms with van der Waals surface area (Å²) in [6.45, 7) is 15.8. The Labute approximate surface area is 336 Å². The molecule has 0 saturated carbocycles. The number of carbonyl (C=O) groups is 4. The second-order valence-electron chi connectivity index (χ2n) is 17.5. The topological polar surface area (TPSA) is 237 Å². The van der Waals surface area contributed by atoms with Gasteiger partial charge in [0.1, 0.15) is 35.6 Å². The van der Waals surface area contributed by atoms with E-state index in [-0.39, 0.29) is 31.4 Å². The van der Waals surface area contributed by atoms with E-state index in [4.69, 9.17) is 38.3 Å². The van der Waals surface area contributed by atoms with E-state index in [0.29, 0.717) is 6.42 Å². The maximum Gasteiger partial charge on any atom is 0.317 e. The SMILES string of the molecule is CC[C@H]1OC(=O)[C@H](C)[C@@H](OC2C[C@@](C)(OC)[C@@H](OC(=O)CC(=O)O)[C@H](C)O2)[C@H](C)[C@@H](OC2O[C@H](C)C[C@H](N(C)C)[C@H]2O)[C@](C)(O)C[C@@H](C)C(=O)[C@H](C)[C@@H](O)[C@]1(C)O. The highest BCUT2D eigenvalue weighted by Crippen LogP contribution is 2.41. The van der Waals surface area contributed by atoms with Gasteiger partial charge in [0.05, 0.1) is 42.0 Å². The summed E-state index contributed by atoms with van der Waals surface area (Å²) in [7, 11) is 5.03. The third-order valence-electron chi connectivity index (χ3n) is 12.3. The molecule has 5 N–H and O–H groups in total. The molecule has 57 heavy (non-hydrogen) atoms. The van der Waals surface area contributed by atoms with Crippen molar-refractivity contribution in [3.05, 3.63) is 0 Å². The first kappa shape index (κ1) is 49.0. The summed E-state index contributed by atoms with van der Waals surface area (Å²) in [6, 6.07) is -0.374. The minimum Gasteiger partial charge on any atom is -0.481 e. The van der Waals surface area contributed by atoms with Gasteiger partial charge in [0.25, 0.3) is 0 Å². The number of aliphatic hydroxyl groups is 4. The Kier molecular flexibility index (Phi) is 16.7. The summed E-state index contributed by atoms with van der Waals surface area (Å²) in [4.78, 5) is 53.6. The van der Waals surface area contributed by atoms with E-state index in [0.717, 1.165) is 0 Å². The van der Waals surface area contributed by atoms with Crippen LogP contribution in [0.15, 0.2) is 0 Å². The summed E-state index contributed by atoms with van der Waals surface area (Å²) in [5, 5.41) is 56.1. The van der Waals surface area contributed by atoms with Crippen LogP contribution in [0, 0.1) is 23.7 Å². The van der Waals surface area contributed by atoms with Crippen molar-refractivity contribution >= 4 is 23.7 Å². The van der Waals surface area contributed by atoms with Crippen LogP contribution >= 0.6 is 0 Å². The maximum atomic E-state index is 14.2. The number of ether oxygens (including phenoxy) is 7. The monoisotopic (exact) mass is 819 g/mol. The van der Waals surface area contributed by atoms with E-state index in [9.17, 15) is 39.6 Å².